The van der Waals surface area contributed by atoms with Crippen molar-refractivity contribution in [2.24, 2.45) is 4.99 Å². The molecule has 2 aliphatic heterocycles. The predicted octanol–water partition coefficient (Wildman–Crippen LogP) is 2.94. The molecular weight excluding hydrogens is 342 g/mol. The summed E-state index contributed by atoms with van der Waals surface area (Å²) in [5.74, 6) is 2.51. The number of H-pyrrole nitrogens is 1. The van der Waals surface area contributed by atoms with E-state index >= 15 is 0 Å². The van der Waals surface area contributed by atoms with Crippen LogP contribution >= 0.6 is 0 Å². The van der Waals surface area contributed by atoms with Crippen molar-refractivity contribution in [3.63, 3.8) is 0 Å². The number of amides is 2. The first-order valence-corrected chi connectivity index (χ1v) is 10.4. The number of carbonyl (C=O) groups excluding carboxylic acids is 1. The van der Waals surface area contributed by atoms with Gasteiger partial charge in [0.05, 0.1) is 11.6 Å². The molecule has 1 atom stereocenters. The quantitative estimate of drug-likeness (QED) is 0.857. The molecule has 3 fully saturated rings. The van der Waals surface area contributed by atoms with E-state index in [1.807, 2.05) is 9.80 Å². The van der Waals surface area contributed by atoms with Crippen LogP contribution in [0.5, 0.6) is 0 Å². The average molecular weight is 371 g/mol. The molecule has 1 aromatic heterocycles. The molecule has 7 heteroatoms. The number of nitrogens with zero attached hydrogens (tertiary/aromatic N) is 4. The largest absolute Gasteiger partial charge is 0.390 e. The molecule has 0 spiro atoms. The molecular formula is C20H29N5O2. The van der Waals surface area contributed by atoms with E-state index in [1.54, 1.807) is 0 Å². The van der Waals surface area contributed by atoms with E-state index in [4.69, 9.17) is 9.98 Å². The fraction of sp³-hybridized carbons (Fsp3) is 0.750. The lowest BCUT2D eigenvalue weighted by molar-refractivity contribution is -0.0678. The number of aromatic amines is 1. The Hall–Kier alpha value is -1.89. The van der Waals surface area contributed by atoms with Crippen LogP contribution in [-0.4, -0.2) is 56.6 Å². The van der Waals surface area contributed by atoms with E-state index in [-0.39, 0.29) is 17.5 Å². The van der Waals surface area contributed by atoms with Crippen LogP contribution < -0.4 is 4.90 Å². The van der Waals surface area contributed by atoms with E-state index in [0.29, 0.717) is 13.1 Å². The minimum absolute atomic E-state index is 0.00668. The second-order valence-corrected chi connectivity index (χ2v) is 8.96. The third-order valence-corrected chi connectivity index (χ3v) is 7.15. The smallest absolute Gasteiger partial charge is 0.331 e. The lowest BCUT2D eigenvalue weighted by Gasteiger charge is -2.49. The number of hydrogen-bond donors (Lipinski definition) is 2. The van der Waals surface area contributed by atoms with Gasteiger partial charge in [-0.05, 0) is 58.3 Å². The highest BCUT2D eigenvalue weighted by molar-refractivity contribution is 6.18. The van der Waals surface area contributed by atoms with Gasteiger partial charge in [0.15, 0.2) is 11.7 Å². The summed E-state index contributed by atoms with van der Waals surface area (Å²) in [6, 6.07) is 0.228. The van der Waals surface area contributed by atoms with Crippen LogP contribution in [0.25, 0.3) is 0 Å². The fourth-order valence-electron chi connectivity index (χ4n) is 5.30. The number of urea groups is 1. The van der Waals surface area contributed by atoms with Crippen LogP contribution in [0, 0.1) is 0 Å². The molecule has 6 rings (SSSR count). The molecule has 27 heavy (non-hydrogen) atoms. The Morgan fingerprint density at radius 3 is 2.59 bits per heavy atom. The van der Waals surface area contributed by atoms with Crippen molar-refractivity contribution >= 4 is 17.7 Å². The van der Waals surface area contributed by atoms with E-state index in [1.165, 1.54) is 0 Å². The third kappa shape index (κ3) is 2.47. The SMILES string of the molecule is CCCN1C(=O)N2CC[C@@H](C)N=C2c2[nH]c(C34CCC(O)(CC3)CC4)nc21. The molecule has 5 aliphatic rings. The second-order valence-electron chi connectivity index (χ2n) is 8.96. The molecule has 3 saturated carbocycles. The Labute approximate surface area is 159 Å². The summed E-state index contributed by atoms with van der Waals surface area (Å²) >= 11 is 0. The summed E-state index contributed by atoms with van der Waals surface area (Å²) in [6.07, 6.45) is 7.22. The molecule has 0 radical (unpaired) electrons. The van der Waals surface area contributed by atoms with Gasteiger partial charge in [0.25, 0.3) is 0 Å². The Morgan fingerprint density at radius 1 is 1.22 bits per heavy atom. The Bertz CT molecular complexity index is 789. The summed E-state index contributed by atoms with van der Waals surface area (Å²) in [5, 5.41) is 10.6. The first-order chi connectivity index (χ1) is 12.9. The minimum Gasteiger partial charge on any atom is -0.390 e. The molecule has 1 aromatic rings. The minimum atomic E-state index is -0.460. The number of nitrogens with one attached hydrogen (secondary N) is 1. The van der Waals surface area contributed by atoms with Gasteiger partial charge in [0, 0.05) is 18.5 Å². The Kier molecular flexibility index (Phi) is 3.70. The van der Waals surface area contributed by atoms with E-state index in [0.717, 1.165) is 74.5 Å². The number of imidazole rings is 1. The lowest BCUT2D eigenvalue weighted by Crippen LogP contribution is -2.54. The molecule has 7 nitrogen and oxygen atoms in total. The highest BCUT2D eigenvalue weighted by Gasteiger charge is 2.51. The molecule has 3 heterocycles. The first-order valence-electron chi connectivity index (χ1n) is 10.4. The number of carbonyl (C=O) groups is 1. The zero-order chi connectivity index (χ0) is 18.8. The monoisotopic (exact) mass is 371 g/mol. The summed E-state index contributed by atoms with van der Waals surface area (Å²) < 4.78 is 0. The van der Waals surface area contributed by atoms with Crippen LogP contribution in [0.4, 0.5) is 10.6 Å². The van der Waals surface area contributed by atoms with Gasteiger partial charge in [0.1, 0.15) is 11.5 Å². The van der Waals surface area contributed by atoms with Gasteiger partial charge in [-0.1, -0.05) is 6.92 Å². The Balaban J connectivity index is 1.60. The van der Waals surface area contributed by atoms with Gasteiger partial charge in [0.2, 0.25) is 0 Å². The zero-order valence-electron chi connectivity index (χ0n) is 16.3. The van der Waals surface area contributed by atoms with Crippen molar-refractivity contribution in [3.8, 4) is 0 Å². The maximum atomic E-state index is 13.1. The van der Waals surface area contributed by atoms with Crippen molar-refractivity contribution in [3.05, 3.63) is 11.5 Å². The van der Waals surface area contributed by atoms with Gasteiger partial charge < -0.3 is 10.1 Å². The number of aliphatic hydroxyl groups is 1. The van der Waals surface area contributed by atoms with Crippen LogP contribution in [0.15, 0.2) is 4.99 Å². The summed E-state index contributed by atoms with van der Waals surface area (Å²) in [5.41, 5.74) is 0.456. The second kappa shape index (κ2) is 5.80. The normalized spacial score (nSPS) is 35.1. The highest BCUT2D eigenvalue weighted by atomic mass is 16.3. The molecule has 0 aromatic carbocycles. The average Bonchev–Trinajstić information content (AvgIpc) is 3.12. The van der Waals surface area contributed by atoms with Gasteiger partial charge in [-0.25, -0.2) is 9.78 Å². The topological polar surface area (TPSA) is 84.8 Å². The standard InChI is InChI=1S/C20H29N5O2/c1-3-11-24-16-14(15-21-13(2)4-12-25(15)18(24)26)22-17(23-16)19-5-8-20(27,9-6-19)10-7-19/h13,27H,3-12H2,1-2H3,(H,22,23)/t13-,19?,20?/m1/s1. The van der Waals surface area contributed by atoms with Crippen LogP contribution in [-0.2, 0) is 5.41 Å². The number of aromatic nitrogens is 2. The number of hydrogen-bond acceptors (Lipinski definition) is 4. The fourth-order valence-corrected chi connectivity index (χ4v) is 5.30. The van der Waals surface area contributed by atoms with Crippen molar-refractivity contribution in [2.45, 2.75) is 82.3 Å². The molecule has 146 valence electrons. The predicted molar refractivity (Wildman–Crippen MR) is 103 cm³/mol. The number of anilines is 1. The Morgan fingerprint density at radius 2 is 1.93 bits per heavy atom. The highest BCUT2D eigenvalue weighted by Crippen LogP contribution is 2.53. The van der Waals surface area contributed by atoms with E-state index < -0.39 is 5.60 Å². The van der Waals surface area contributed by atoms with Crippen molar-refractivity contribution in [1.82, 2.24) is 14.9 Å². The number of aliphatic imine (C=N–C) groups is 1. The van der Waals surface area contributed by atoms with E-state index in [9.17, 15) is 9.90 Å². The summed E-state index contributed by atoms with van der Waals surface area (Å²) in [7, 11) is 0. The van der Waals surface area contributed by atoms with Gasteiger partial charge in [-0.3, -0.25) is 14.8 Å². The molecule has 0 unspecified atom stereocenters. The number of fused-ring (bicyclic) bond motifs is 6. The van der Waals surface area contributed by atoms with Crippen molar-refractivity contribution in [2.75, 3.05) is 18.0 Å². The summed E-state index contributed by atoms with van der Waals surface area (Å²) in [6.45, 7) is 5.57. The van der Waals surface area contributed by atoms with Crippen molar-refractivity contribution in [1.29, 1.82) is 0 Å². The first kappa shape index (κ1) is 17.2. The number of amidine groups is 1. The van der Waals surface area contributed by atoms with E-state index in [2.05, 4.69) is 18.8 Å². The van der Waals surface area contributed by atoms with Crippen LogP contribution in [0.2, 0.25) is 0 Å². The molecule has 2 N–H and O–H groups in total. The maximum Gasteiger partial charge on any atom is 0.331 e. The van der Waals surface area contributed by atoms with Gasteiger partial charge in [-0.2, -0.15) is 0 Å². The summed E-state index contributed by atoms with van der Waals surface area (Å²) in [4.78, 5) is 30.1. The molecule has 0 saturated heterocycles. The van der Waals surface area contributed by atoms with Gasteiger partial charge >= 0.3 is 6.03 Å². The molecule has 2 bridgehead atoms. The van der Waals surface area contributed by atoms with Crippen LogP contribution in [0.1, 0.15) is 76.7 Å². The molecule has 3 aliphatic carbocycles. The third-order valence-electron chi connectivity index (χ3n) is 7.15. The molecule has 2 amide bonds. The van der Waals surface area contributed by atoms with Crippen molar-refractivity contribution < 1.29 is 9.90 Å². The maximum absolute atomic E-state index is 13.1. The zero-order valence-corrected chi connectivity index (χ0v) is 16.3. The van der Waals surface area contributed by atoms with Gasteiger partial charge in [-0.15, -0.1) is 0 Å². The van der Waals surface area contributed by atoms with Crippen LogP contribution in [0.3, 0.4) is 0 Å². The lowest BCUT2D eigenvalue weighted by atomic mass is 9.58. The number of rotatable bonds is 3.